The van der Waals surface area contributed by atoms with Crippen molar-refractivity contribution in [1.82, 2.24) is 0 Å². The number of aliphatic hydroxyl groups is 3. The van der Waals surface area contributed by atoms with Crippen molar-refractivity contribution in [3.63, 3.8) is 0 Å². The third-order valence-electron chi connectivity index (χ3n) is 10.6. The second-order valence-electron chi connectivity index (χ2n) is 16.1. The van der Waals surface area contributed by atoms with Crippen LogP contribution in [0, 0.1) is 17.8 Å². The van der Waals surface area contributed by atoms with Gasteiger partial charge in [0.25, 0.3) is 0 Å². The summed E-state index contributed by atoms with van der Waals surface area (Å²) in [5, 5.41) is 30.7. The number of allylic oxidation sites excluding steroid dienone is 1. The summed E-state index contributed by atoms with van der Waals surface area (Å²) < 4.78 is 10.3. The average molecular weight is 737 g/mol. The summed E-state index contributed by atoms with van der Waals surface area (Å²) in [6.07, 6.45) is 30.3. The maximum atomic E-state index is 12.4. The molecule has 52 heavy (non-hydrogen) atoms. The van der Waals surface area contributed by atoms with Crippen LogP contribution in [-0.4, -0.2) is 64.6 Å². The quantitative estimate of drug-likeness (QED) is 0.0333. The molecule has 0 aliphatic heterocycles. The molecule has 1 saturated carbocycles. The Morgan fingerprint density at radius 3 is 1.60 bits per heavy atom. The van der Waals surface area contributed by atoms with E-state index in [0.717, 1.165) is 70.1 Å². The standard InChI is InChI=1S/C44H80O8/c1-4-5-21-27-37(45)31-32-40-39(41(47)33-42(40)48)28-23-19-20-25-30-44(50)52-35-38(46)34-51-43(49)29-24-18-16-14-12-10-8-6-7-9-11-13-15-17-22-26-36(2)3/h31-32,36-41,45-47H,4-30,33-35H2,1-3H3/b32-31+/t37-,38+,39+,40+,41-/m0/s1. The van der Waals surface area contributed by atoms with E-state index in [1.165, 1.54) is 83.5 Å². The van der Waals surface area contributed by atoms with Gasteiger partial charge in [0.2, 0.25) is 0 Å². The lowest BCUT2D eigenvalue weighted by Crippen LogP contribution is -2.25. The monoisotopic (exact) mass is 737 g/mol. The molecule has 0 bridgehead atoms. The second-order valence-corrected chi connectivity index (χ2v) is 16.1. The summed E-state index contributed by atoms with van der Waals surface area (Å²) in [6.45, 7) is 6.37. The molecule has 0 radical (unpaired) electrons. The number of Topliss-reactive ketones (excluding diaryl/α,β-unsaturated/α-hetero) is 1. The Bertz CT molecular complexity index is 918. The van der Waals surface area contributed by atoms with E-state index in [9.17, 15) is 29.7 Å². The minimum atomic E-state index is -1.03. The highest BCUT2D eigenvalue weighted by Gasteiger charge is 2.39. The Morgan fingerprint density at radius 1 is 0.673 bits per heavy atom. The highest BCUT2D eigenvalue weighted by Crippen LogP contribution is 2.34. The molecule has 1 aliphatic carbocycles. The molecular weight excluding hydrogens is 656 g/mol. The number of ketones is 1. The number of hydrogen-bond donors (Lipinski definition) is 3. The van der Waals surface area contributed by atoms with Gasteiger partial charge in [0.1, 0.15) is 25.1 Å². The minimum absolute atomic E-state index is 0.0367. The van der Waals surface area contributed by atoms with Gasteiger partial charge in [0.15, 0.2) is 0 Å². The zero-order valence-electron chi connectivity index (χ0n) is 33.7. The fraction of sp³-hybridized carbons (Fsp3) is 0.886. The number of rotatable bonds is 35. The number of unbranched alkanes of at least 4 members (excludes halogenated alkanes) is 19. The first kappa shape index (κ1) is 48.2. The molecule has 0 aromatic rings. The van der Waals surface area contributed by atoms with Crippen molar-refractivity contribution >= 4 is 17.7 Å². The van der Waals surface area contributed by atoms with E-state index in [1.54, 1.807) is 12.2 Å². The summed E-state index contributed by atoms with van der Waals surface area (Å²) in [6, 6.07) is 0. The van der Waals surface area contributed by atoms with Crippen molar-refractivity contribution < 1.29 is 39.2 Å². The summed E-state index contributed by atoms with van der Waals surface area (Å²) in [5.74, 6) is -0.300. The van der Waals surface area contributed by atoms with E-state index >= 15 is 0 Å². The molecule has 1 rings (SSSR count). The number of aliphatic hydroxyl groups excluding tert-OH is 3. The van der Waals surface area contributed by atoms with Crippen LogP contribution in [0.25, 0.3) is 0 Å². The van der Waals surface area contributed by atoms with Gasteiger partial charge < -0.3 is 24.8 Å². The van der Waals surface area contributed by atoms with Crippen LogP contribution < -0.4 is 0 Å². The van der Waals surface area contributed by atoms with Gasteiger partial charge in [-0.25, -0.2) is 0 Å². The zero-order chi connectivity index (χ0) is 38.2. The van der Waals surface area contributed by atoms with Crippen LogP contribution in [0.15, 0.2) is 12.2 Å². The van der Waals surface area contributed by atoms with E-state index in [-0.39, 0.29) is 55.6 Å². The van der Waals surface area contributed by atoms with Gasteiger partial charge in [-0.2, -0.15) is 0 Å². The zero-order valence-corrected chi connectivity index (χ0v) is 33.7. The first-order valence-electron chi connectivity index (χ1n) is 21.7. The molecule has 0 heterocycles. The van der Waals surface area contributed by atoms with Crippen LogP contribution in [0.5, 0.6) is 0 Å². The van der Waals surface area contributed by atoms with Crippen LogP contribution in [0.1, 0.15) is 201 Å². The molecular formula is C44H80O8. The van der Waals surface area contributed by atoms with Gasteiger partial charge >= 0.3 is 11.9 Å². The molecule has 0 aromatic heterocycles. The summed E-state index contributed by atoms with van der Waals surface area (Å²) in [7, 11) is 0. The molecule has 1 aliphatic rings. The fourth-order valence-corrected chi connectivity index (χ4v) is 7.24. The smallest absolute Gasteiger partial charge is 0.305 e. The van der Waals surface area contributed by atoms with Crippen molar-refractivity contribution in [2.75, 3.05) is 13.2 Å². The van der Waals surface area contributed by atoms with E-state index in [2.05, 4.69) is 20.8 Å². The third-order valence-corrected chi connectivity index (χ3v) is 10.6. The first-order chi connectivity index (χ1) is 25.1. The molecule has 1 fully saturated rings. The van der Waals surface area contributed by atoms with Crippen molar-refractivity contribution in [3.05, 3.63) is 12.2 Å². The average Bonchev–Trinajstić information content (AvgIpc) is 3.38. The first-order valence-corrected chi connectivity index (χ1v) is 21.7. The van der Waals surface area contributed by atoms with Gasteiger partial charge in [-0.1, -0.05) is 168 Å². The van der Waals surface area contributed by atoms with Crippen LogP contribution in [0.2, 0.25) is 0 Å². The SMILES string of the molecule is CCCCC[C@H](O)/C=C/[C@H]1C(=O)C[C@H](O)[C@@H]1CCCCCCC(=O)OC[C@H](O)COC(=O)CCCCCCCCCCCCCCCCCC(C)C. The molecule has 3 N–H and O–H groups in total. The summed E-state index contributed by atoms with van der Waals surface area (Å²) in [5.41, 5.74) is 0. The topological polar surface area (TPSA) is 130 Å². The number of carbonyl (C=O) groups excluding carboxylic acids is 3. The van der Waals surface area contributed by atoms with Crippen molar-refractivity contribution in [1.29, 1.82) is 0 Å². The Kier molecular flexibility index (Phi) is 30.3. The van der Waals surface area contributed by atoms with E-state index in [4.69, 9.17) is 9.47 Å². The van der Waals surface area contributed by atoms with Crippen LogP contribution in [0.4, 0.5) is 0 Å². The number of hydrogen-bond acceptors (Lipinski definition) is 8. The molecule has 304 valence electrons. The largest absolute Gasteiger partial charge is 0.463 e. The predicted molar refractivity (Wildman–Crippen MR) is 211 cm³/mol. The van der Waals surface area contributed by atoms with Crippen LogP contribution in [0.3, 0.4) is 0 Å². The van der Waals surface area contributed by atoms with E-state index in [1.807, 2.05) is 0 Å². The van der Waals surface area contributed by atoms with Crippen LogP contribution >= 0.6 is 0 Å². The Hall–Kier alpha value is -1.77. The second kappa shape index (κ2) is 32.6. The predicted octanol–water partition coefficient (Wildman–Crippen LogP) is 10.1. The van der Waals surface area contributed by atoms with Gasteiger partial charge in [-0.15, -0.1) is 0 Å². The minimum Gasteiger partial charge on any atom is -0.463 e. The molecule has 0 unspecified atom stereocenters. The third kappa shape index (κ3) is 26.9. The maximum Gasteiger partial charge on any atom is 0.305 e. The van der Waals surface area contributed by atoms with E-state index < -0.39 is 18.3 Å². The van der Waals surface area contributed by atoms with Gasteiger partial charge in [-0.3, -0.25) is 14.4 Å². The van der Waals surface area contributed by atoms with Crippen molar-refractivity contribution in [2.24, 2.45) is 17.8 Å². The lowest BCUT2D eigenvalue weighted by Gasteiger charge is -2.19. The van der Waals surface area contributed by atoms with Gasteiger partial charge in [0, 0.05) is 25.2 Å². The van der Waals surface area contributed by atoms with Crippen molar-refractivity contribution in [3.8, 4) is 0 Å². The number of esters is 2. The Morgan fingerprint density at radius 2 is 1.12 bits per heavy atom. The lowest BCUT2D eigenvalue weighted by atomic mass is 9.88. The Balaban J connectivity index is 1.96. The lowest BCUT2D eigenvalue weighted by molar-refractivity contribution is -0.152. The highest BCUT2D eigenvalue weighted by molar-refractivity contribution is 5.86. The molecule has 5 atom stereocenters. The number of ether oxygens (including phenoxy) is 2. The van der Waals surface area contributed by atoms with Crippen molar-refractivity contribution in [2.45, 2.75) is 219 Å². The maximum absolute atomic E-state index is 12.4. The number of carbonyl (C=O) groups is 3. The normalized spacial score (nSPS) is 18.8. The molecule has 8 nitrogen and oxygen atoms in total. The molecule has 0 saturated heterocycles. The van der Waals surface area contributed by atoms with Gasteiger partial charge in [-0.05, 0) is 37.5 Å². The highest BCUT2D eigenvalue weighted by atomic mass is 16.6. The van der Waals surface area contributed by atoms with Gasteiger partial charge in [0.05, 0.1) is 12.2 Å². The van der Waals surface area contributed by atoms with E-state index in [0.29, 0.717) is 19.3 Å². The molecule has 0 aromatic carbocycles. The summed E-state index contributed by atoms with van der Waals surface area (Å²) >= 11 is 0. The Labute approximate surface area is 318 Å². The van der Waals surface area contributed by atoms with Crippen LogP contribution in [-0.2, 0) is 23.9 Å². The molecule has 8 heteroatoms. The molecule has 0 amide bonds. The summed E-state index contributed by atoms with van der Waals surface area (Å²) in [4.78, 5) is 36.6. The fourth-order valence-electron chi connectivity index (χ4n) is 7.24. The molecule has 0 spiro atoms.